The lowest BCUT2D eigenvalue weighted by Crippen LogP contribution is -2.40. The Morgan fingerprint density at radius 3 is 2.52 bits per heavy atom. The Bertz CT molecular complexity index is 702. The van der Waals surface area contributed by atoms with Crippen LogP contribution in [0.4, 0.5) is 0 Å². The van der Waals surface area contributed by atoms with Gasteiger partial charge in [-0.3, -0.25) is 4.79 Å². The van der Waals surface area contributed by atoms with E-state index in [2.05, 4.69) is 5.32 Å². The number of amides is 1. The molecule has 2 rings (SSSR count). The molecule has 2 aromatic rings. The fourth-order valence-corrected chi connectivity index (χ4v) is 2.69. The normalized spacial score (nSPS) is 13.1. The van der Waals surface area contributed by atoms with Crippen LogP contribution in [0.15, 0.2) is 48.5 Å². The second kappa shape index (κ2) is 8.88. The van der Waals surface area contributed by atoms with Gasteiger partial charge in [-0.1, -0.05) is 35.9 Å². The first kappa shape index (κ1) is 19.3. The van der Waals surface area contributed by atoms with Gasteiger partial charge in [0.25, 0.3) is 0 Å². The summed E-state index contributed by atoms with van der Waals surface area (Å²) < 4.78 is 11.0. The summed E-state index contributed by atoms with van der Waals surface area (Å²) in [6.45, 7) is 4.85. The molecular formula is C20H24ClNO3. The SMILES string of the molecule is CCOc1ccc(CC(=O)NCC(C)(OC)c2cccc(Cl)c2)cc1. The van der Waals surface area contributed by atoms with Crippen LogP contribution in [0.25, 0.3) is 0 Å². The van der Waals surface area contributed by atoms with E-state index in [1.165, 1.54) is 0 Å². The molecule has 0 aliphatic rings. The van der Waals surface area contributed by atoms with Crippen LogP contribution in [0.3, 0.4) is 0 Å². The van der Waals surface area contributed by atoms with Crippen LogP contribution in [-0.2, 0) is 21.6 Å². The Morgan fingerprint density at radius 2 is 1.92 bits per heavy atom. The number of hydrogen-bond acceptors (Lipinski definition) is 3. The standard InChI is InChI=1S/C20H24ClNO3/c1-4-25-18-10-8-15(9-11-18)12-19(23)22-14-20(2,24-3)16-6-5-7-17(21)13-16/h5-11,13H,4,12,14H2,1-3H3,(H,22,23). The predicted molar refractivity (Wildman–Crippen MR) is 100 cm³/mol. The molecule has 2 aromatic carbocycles. The van der Waals surface area contributed by atoms with Crippen molar-refractivity contribution >= 4 is 17.5 Å². The van der Waals surface area contributed by atoms with Gasteiger partial charge in [0.15, 0.2) is 0 Å². The third kappa shape index (κ3) is 5.48. The van der Waals surface area contributed by atoms with Gasteiger partial charge in [-0.2, -0.15) is 0 Å². The first-order valence-electron chi connectivity index (χ1n) is 8.26. The zero-order valence-corrected chi connectivity index (χ0v) is 15.6. The fraction of sp³-hybridized carbons (Fsp3) is 0.350. The van der Waals surface area contributed by atoms with Crippen LogP contribution in [0.2, 0.25) is 5.02 Å². The largest absolute Gasteiger partial charge is 0.494 e. The van der Waals surface area contributed by atoms with Crippen molar-refractivity contribution in [2.24, 2.45) is 0 Å². The molecule has 1 N–H and O–H groups in total. The highest BCUT2D eigenvalue weighted by Crippen LogP contribution is 2.26. The quantitative estimate of drug-likeness (QED) is 0.774. The number of ether oxygens (including phenoxy) is 2. The fourth-order valence-electron chi connectivity index (χ4n) is 2.49. The number of hydrogen-bond donors (Lipinski definition) is 1. The van der Waals surface area contributed by atoms with Crippen molar-refractivity contribution in [2.75, 3.05) is 20.3 Å². The van der Waals surface area contributed by atoms with Crippen LogP contribution in [0, 0.1) is 0 Å². The molecule has 1 atom stereocenters. The van der Waals surface area contributed by atoms with E-state index in [1.54, 1.807) is 7.11 Å². The van der Waals surface area contributed by atoms with E-state index in [4.69, 9.17) is 21.1 Å². The lowest BCUT2D eigenvalue weighted by molar-refractivity contribution is -0.122. The Morgan fingerprint density at radius 1 is 1.20 bits per heavy atom. The minimum atomic E-state index is -0.640. The van der Waals surface area contributed by atoms with Crippen LogP contribution in [0.1, 0.15) is 25.0 Å². The Labute approximate surface area is 154 Å². The van der Waals surface area contributed by atoms with Gasteiger partial charge in [0, 0.05) is 12.1 Å². The number of nitrogens with one attached hydrogen (secondary N) is 1. The van der Waals surface area contributed by atoms with Gasteiger partial charge in [0.1, 0.15) is 11.4 Å². The van der Waals surface area contributed by atoms with Crippen LogP contribution in [0.5, 0.6) is 5.75 Å². The second-order valence-electron chi connectivity index (χ2n) is 5.98. The van der Waals surface area contributed by atoms with Crippen molar-refractivity contribution in [3.8, 4) is 5.75 Å². The molecule has 0 aromatic heterocycles. The lowest BCUT2D eigenvalue weighted by atomic mass is 9.95. The summed E-state index contributed by atoms with van der Waals surface area (Å²) >= 11 is 6.06. The number of carbonyl (C=O) groups is 1. The van der Waals surface area contributed by atoms with E-state index in [-0.39, 0.29) is 5.91 Å². The maximum Gasteiger partial charge on any atom is 0.224 e. The molecule has 0 aliphatic carbocycles. The van der Waals surface area contributed by atoms with E-state index in [0.29, 0.717) is 24.6 Å². The van der Waals surface area contributed by atoms with Crippen molar-refractivity contribution in [1.82, 2.24) is 5.32 Å². The van der Waals surface area contributed by atoms with E-state index in [9.17, 15) is 4.79 Å². The van der Waals surface area contributed by atoms with E-state index in [0.717, 1.165) is 16.9 Å². The van der Waals surface area contributed by atoms with E-state index in [1.807, 2.05) is 62.4 Å². The molecular weight excluding hydrogens is 338 g/mol. The lowest BCUT2D eigenvalue weighted by Gasteiger charge is -2.29. The summed E-state index contributed by atoms with van der Waals surface area (Å²) in [5.74, 6) is 0.744. The number of methoxy groups -OCH3 is 1. The van der Waals surface area contributed by atoms with Gasteiger partial charge in [0.05, 0.1) is 19.6 Å². The zero-order chi connectivity index (χ0) is 18.3. The first-order chi connectivity index (χ1) is 12.0. The summed E-state index contributed by atoms with van der Waals surface area (Å²) in [4.78, 5) is 12.3. The van der Waals surface area contributed by atoms with Gasteiger partial charge in [-0.05, 0) is 49.2 Å². The molecule has 0 fully saturated rings. The third-order valence-corrected chi connectivity index (χ3v) is 4.34. The molecule has 25 heavy (non-hydrogen) atoms. The van der Waals surface area contributed by atoms with Gasteiger partial charge in [-0.25, -0.2) is 0 Å². The molecule has 134 valence electrons. The van der Waals surface area contributed by atoms with Crippen molar-refractivity contribution in [3.05, 3.63) is 64.7 Å². The van der Waals surface area contributed by atoms with Crippen LogP contribution in [-0.4, -0.2) is 26.2 Å². The van der Waals surface area contributed by atoms with Crippen LogP contribution >= 0.6 is 11.6 Å². The molecule has 0 aliphatic heterocycles. The number of carbonyl (C=O) groups excluding carboxylic acids is 1. The van der Waals surface area contributed by atoms with Gasteiger partial charge >= 0.3 is 0 Å². The molecule has 0 radical (unpaired) electrons. The number of halogens is 1. The molecule has 0 heterocycles. The predicted octanol–water partition coefficient (Wildman–Crippen LogP) is 3.96. The minimum absolute atomic E-state index is 0.0607. The van der Waals surface area contributed by atoms with Gasteiger partial charge in [0.2, 0.25) is 5.91 Å². The van der Waals surface area contributed by atoms with Crippen LogP contribution < -0.4 is 10.1 Å². The molecule has 1 amide bonds. The summed E-state index contributed by atoms with van der Waals surface area (Å²) in [6, 6.07) is 15.0. The first-order valence-corrected chi connectivity index (χ1v) is 8.64. The summed E-state index contributed by atoms with van der Waals surface area (Å²) in [7, 11) is 1.62. The van der Waals surface area contributed by atoms with Gasteiger partial charge in [-0.15, -0.1) is 0 Å². The molecule has 0 spiro atoms. The molecule has 4 nitrogen and oxygen atoms in total. The smallest absolute Gasteiger partial charge is 0.224 e. The highest BCUT2D eigenvalue weighted by Gasteiger charge is 2.27. The molecule has 0 saturated carbocycles. The second-order valence-corrected chi connectivity index (χ2v) is 6.41. The highest BCUT2D eigenvalue weighted by molar-refractivity contribution is 6.30. The molecule has 1 unspecified atom stereocenters. The van der Waals surface area contributed by atoms with Crippen molar-refractivity contribution in [1.29, 1.82) is 0 Å². The summed E-state index contributed by atoms with van der Waals surface area (Å²) in [6.07, 6.45) is 0.307. The van der Waals surface area contributed by atoms with E-state index >= 15 is 0 Å². The average molecular weight is 362 g/mol. The maximum atomic E-state index is 12.3. The van der Waals surface area contributed by atoms with Crippen molar-refractivity contribution in [2.45, 2.75) is 25.9 Å². The van der Waals surface area contributed by atoms with Crippen molar-refractivity contribution in [3.63, 3.8) is 0 Å². The third-order valence-electron chi connectivity index (χ3n) is 4.11. The molecule has 0 saturated heterocycles. The maximum absolute atomic E-state index is 12.3. The summed E-state index contributed by atoms with van der Waals surface area (Å²) in [5.41, 5.74) is 1.21. The highest BCUT2D eigenvalue weighted by atomic mass is 35.5. The topological polar surface area (TPSA) is 47.6 Å². The number of benzene rings is 2. The Kier molecular flexibility index (Phi) is 6.85. The monoisotopic (exact) mass is 361 g/mol. The Balaban J connectivity index is 1.95. The number of rotatable bonds is 8. The van der Waals surface area contributed by atoms with Crippen molar-refractivity contribution < 1.29 is 14.3 Å². The average Bonchev–Trinajstić information content (AvgIpc) is 2.61. The zero-order valence-electron chi connectivity index (χ0n) is 14.8. The molecule has 5 heteroatoms. The minimum Gasteiger partial charge on any atom is -0.494 e. The van der Waals surface area contributed by atoms with Gasteiger partial charge < -0.3 is 14.8 Å². The summed E-state index contributed by atoms with van der Waals surface area (Å²) in [5, 5.41) is 3.58. The Hall–Kier alpha value is -2.04. The molecule has 0 bridgehead atoms. The van der Waals surface area contributed by atoms with E-state index < -0.39 is 5.60 Å².